The Morgan fingerprint density at radius 1 is 1.47 bits per heavy atom. The molecule has 5 heteroatoms. The van der Waals surface area contributed by atoms with Gasteiger partial charge in [0, 0.05) is 10.9 Å². The number of hydrogen-bond donors (Lipinski definition) is 2. The van der Waals surface area contributed by atoms with Crippen LogP contribution in [0.3, 0.4) is 0 Å². The fraction of sp³-hybridized carbons (Fsp3) is 0.167. The summed E-state index contributed by atoms with van der Waals surface area (Å²) in [5.74, 6) is 0.245. The molecule has 0 unspecified atom stereocenters. The Hall–Kier alpha value is -1.62. The van der Waals surface area contributed by atoms with Crippen molar-refractivity contribution >= 4 is 15.9 Å². The first-order chi connectivity index (χ1) is 8.11. The molecular formula is C12H11BrN2O2. The number of nitrogens with one attached hydrogen (secondary N) is 1. The molecule has 2 aromatic rings. The number of H-pyrrole nitrogens is 1. The first kappa shape index (κ1) is 11.9. The lowest BCUT2D eigenvalue weighted by molar-refractivity contribution is 0.450. The number of aromatic amines is 1. The molecule has 0 amide bonds. The summed E-state index contributed by atoms with van der Waals surface area (Å²) in [4.78, 5) is 18.4. The van der Waals surface area contributed by atoms with E-state index < -0.39 is 0 Å². The molecular weight excluding hydrogens is 284 g/mol. The van der Waals surface area contributed by atoms with Crippen molar-refractivity contribution in [2.24, 2.45) is 0 Å². The highest BCUT2D eigenvalue weighted by Gasteiger charge is 2.12. The Labute approximate surface area is 106 Å². The molecule has 1 aromatic carbocycles. The molecule has 17 heavy (non-hydrogen) atoms. The molecule has 0 saturated carbocycles. The van der Waals surface area contributed by atoms with Gasteiger partial charge in [-0.15, -0.1) is 0 Å². The van der Waals surface area contributed by atoms with E-state index in [-0.39, 0.29) is 17.0 Å². The van der Waals surface area contributed by atoms with Gasteiger partial charge in [0.2, 0.25) is 5.88 Å². The van der Waals surface area contributed by atoms with Gasteiger partial charge < -0.3 is 10.1 Å². The third-order valence-corrected chi connectivity index (χ3v) is 2.89. The summed E-state index contributed by atoms with van der Waals surface area (Å²) in [5.41, 5.74) is 0.504. The van der Waals surface area contributed by atoms with Gasteiger partial charge in [-0.3, -0.25) is 4.79 Å². The van der Waals surface area contributed by atoms with Crippen molar-refractivity contribution < 1.29 is 5.11 Å². The summed E-state index contributed by atoms with van der Waals surface area (Å²) in [6, 6.07) is 7.16. The monoisotopic (exact) mass is 294 g/mol. The van der Waals surface area contributed by atoms with E-state index >= 15 is 0 Å². The van der Waals surface area contributed by atoms with Crippen LogP contribution in [0.25, 0.3) is 11.1 Å². The fourth-order valence-corrected chi connectivity index (χ4v) is 1.98. The average Bonchev–Trinajstić information content (AvgIpc) is 2.28. The van der Waals surface area contributed by atoms with Crippen LogP contribution in [0.5, 0.6) is 5.88 Å². The van der Waals surface area contributed by atoms with E-state index in [0.717, 1.165) is 4.47 Å². The topological polar surface area (TPSA) is 66.0 Å². The average molecular weight is 295 g/mol. The van der Waals surface area contributed by atoms with Crippen LogP contribution in [-0.4, -0.2) is 15.1 Å². The van der Waals surface area contributed by atoms with Gasteiger partial charge in [-0.25, -0.2) is 0 Å². The van der Waals surface area contributed by atoms with Gasteiger partial charge in [-0.1, -0.05) is 35.0 Å². The largest absolute Gasteiger partial charge is 0.493 e. The molecule has 0 saturated heterocycles. The lowest BCUT2D eigenvalue weighted by Gasteiger charge is -2.05. The van der Waals surface area contributed by atoms with E-state index in [1.807, 2.05) is 13.0 Å². The Kier molecular flexibility index (Phi) is 3.28. The molecule has 1 aromatic heterocycles. The van der Waals surface area contributed by atoms with Gasteiger partial charge in [0.25, 0.3) is 5.56 Å². The predicted molar refractivity (Wildman–Crippen MR) is 69.0 cm³/mol. The second-order valence-corrected chi connectivity index (χ2v) is 4.49. The summed E-state index contributed by atoms with van der Waals surface area (Å²) in [6.45, 7) is 1.86. The van der Waals surface area contributed by atoms with Crippen LogP contribution in [0.1, 0.15) is 12.7 Å². The normalized spacial score (nSPS) is 10.5. The molecule has 88 valence electrons. The van der Waals surface area contributed by atoms with E-state index in [1.165, 1.54) is 0 Å². The van der Waals surface area contributed by atoms with Crippen LogP contribution >= 0.6 is 15.9 Å². The Balaban J connectivity index is 2.64. The molecule has 0 atom stereocenters. The molecule has 0 aliphatic carbocycles. The number of hydrogen-bond acceptors (Lipinski definition) is 3. The number of aryl methyl sites for hydroxylation is 1. The Bertz CT molecular complexity index is 608. The minimum atomic E-state index is -0.326. The zero-order valence-electron chi connectivity index (χ0n) is 9.20. The van der Waals surface area contributed by atoms with Crippen molar-refractivity contribution in [1.82, 2.24) is 9.97 Å². The standard InChI is InChI=1S/C12H11BrN2O2/c1-2-9-14-11(16)10(12(17)15-9)7-4-3-5-8(13)6-7/h3-6H,2H2,1H3,(H2,14,15,16,17). The smallest absolute Gasteiger partial charge is 0.262 e. The fourth-order valence-electron chi connectivity index (χ4n) is 1.58. The van der Waals surface area contributed by atoms with E-state index in [9.17, 15) is 9.90 Å². The van der Waals surface area contributed by atoms with Crippen LogP contribution in [0.2, 0.25) is 0 Å². The van der Waals surface area contributed by atoms with Crippen LogP contribution in [0, 0.1) is 0 Å². The third-order valence-electron chi connectivity index (χ3n) is 2.40. The zero-order chi connectivity index (χ0) is 12.4. The highest BCUT2D eigenvalue weighted by Crippen LogP contribution is 2.25. The quantitative estimate of drug-likeness (QED) is 0.894. The maximum Gasteiger partial charge on any atom is 0.262 e. The summed E-state index contributed by atoms with van der Waals surface area (Å²) < 4.78 is 0.841. The maximum absolute atomic E-state index is 11.9. The van der Waals surface area contributed by atoms with Crippen LogP contribution in [0.4, 0.5) is 0 Å². The zero-order valence-corrected chi connectivity index (χ0v) is 10.8. The van der Waals surface area contributed by atoms with Gasteiger partial charge in [-0.2, -0.15) is 4.98 Å². The van der Waals surface area contributed by atoms with E-state index in [0.29, 0.717) is 17.8 Å². The van der Waals surface area contributed by atoms with Crippen molar-refractivity contribution in [3.63, 3.8) is 0 Å². The van der Waals surface area contributed by atoms with Crippen molar-refractivity contribution in [1.29, 1.82) is 0 Å². The van der Waals surface area contributed by atoms with Crippen LogP contribution in [0.15, 0.2) is 33.5 Å². The molecule has 0 aliphatic heterocycles. The number of aromatic nitrogens is 2. The highest BCUT2D eigenvalue weighted by atomic mass is 79.9. The molecule has 2 N–H and O–H groups in total. The van der Waals surface area contributed by atoms with Crippen molar-refractivity contribution in [2.45, 2.75) is 13.3 Å². The van der Waals surface area contributed by atoms with Crippen molar-refractivity contribution in [3.05, 3.63) is 44.9 Å². The molecule has 0 fully saturated rings. The lowest BCUT2D eigenvalue weighted by Crippen LogP contribution is -2.13. The molecule has 4 nitrogen and oxygen atoms in total. The number of nitrogens with zero attached hydrogens (tertiary/aromatic N) is 1. The summed E-state index contributed by atoms with van der Waals surface area (Å²) in [7, 11) is 0. The van der Waals surface area contributed by atoms with Gasteiger partial charge >= 0.3 is 0 Å². The number of rotatable bonds is 2. The minimum Gasteiger partial charge on any atom is -0.493 e. The Morgan fingerprint density at radius 2 is 2.24 bits per heavy atom. The molecule has 0 spiro atoms. The van der Waals surface area contributed by atoms with Gasteiger partial charge in [-0.05, 0) is 17.7 Å². The van der Waals surface area contributed by atoms with Gasteiger partial charge in [0.15, 0.2) is 0 Å². The predicted octanol–water partition coefficient (Wildman–Crippen LogP) is 2.47. The summed E-state index contributed by atoms with van der Waals surface area (Å²) >= 11 is 3.32. The number of aromatic hydroxyl groups is 1. The van der Waals surface area contributed by atoms with Gasteiger partial charge in [0.05, 0.1) is 0 Å². The molecule has 2 rings (SSSR count). The molecule has 0 bridgehead atoms. The summed E-state index contributed by atoms with van der Waals surface area (Å²) in [6.07, 6.45) is 0.571. The second-order valence-electron chi connectivity index (χ2n) is 3.58. The maximum atomic E-state index is 11.9. The Morgan fingerprint density at radius 3 is 2.82 bits per heavy atom. The third kappa shape index (κ3) is 2.39. The number of benzene rings is 1. The molecule has 1 heterocycles. The van der Waals surface area contributed by atoms with E-state index in [1.54, 1.807) is 18.2 Å². The van der Waals surface area contributed by atoms with Gasteiger partial charge in [0.1, 0.15) is 11.4 Å². The van der Waals surface area contributed by atoms with E-state index in [4.69, 9.17) is 0 Å². The first-order valence-corrected chi connectivity index (χ1v) is 5.99. The lowest BCUT2D eigenvalue weighted by atomic mass is 10.1. The number of halogens is 1. The van der Waals surface area contributed by atoms with Crippen molar-refractivity contribution in [2.75, 3.05) is 0 Å². The summed E-state index contributed by atoms with van der Waals surface area (Å²) in [5, 5.41) is 9.80. The second kappa shape index (κ2) is 4.71. The van der Waals surface area contributed by atoms with Crippen LogP contribution in [-0.2, 0) is 6.42 Å². The van der Waals surface area contributed by atoms with Crippen LogP contribution < -0.4 is 5.56 Å². The molecule has 0 aliphatic rings. The highest BCUT2D eigenvalue weighted by molar-refractivity contribution is 9.10. The first-order valence-electron chi connectivity index (χ1n) is 5.20. The minimum absolute atomic E-state index is 0.198. The molecule has 0 radical (unpaired) electrons. The van der Waals surface area contributed by atoms with Crippen molar-refractivity contribution in [3.8, 4) is 17.0 Å². The van der Waals surface area contributed by atoms with E-state index in [2.05, 4.69) is 25.9 Å². The SMILES string of the molecule is CCc1nc(O)c(-c2cccc(Br)c2)c(=O)[nH]1.